The van der Waals surface area contributed by atoms with Gasteiger partial charge in [-0.3, -0.25) is 9.78 Å². The molecular formula is C20H23N3O4. The van der Waals surface area contributed by atoms with E-state index in [2.05, 4.69) is 10.3 Å². The van der Waals surface area contributed by atoms with Gasteiger partial charge in [0, 0.05) is 38.6 Å². The Bertz CT molecular complexity index is 778. The second-order valence-corrected chi connectivity index (χ2v) is 6.69. The lowest BCUT2D eigenvalue weighted by atomic mass is 10.1. The number of amides is 1. The van der Waals surface area contributed by atoms with Crippen molar-refractivity contribution in [1.82, 2.24) is 15.2 Å². The molecule has 2 aliphatic heterocycles. The van der Waals surface area contributed by atoms with E-state index in [4.69, 9.17) is 14.2 Å². The van der Waals surface area contributed by atoms with Crippen LogP contribution in [0.5, 0.6) is 11.5 Å². The molecule has 27 heavy (non-hydrogen) atoms. The van der Waals surface area contributed by atoms with Crippen LogP contribution in [-0.2, 0) is 22.6 Å². The van der Waals surface area contributed by atoms with Crippen LogP contribution in [0.3, 0.4) is 0 Å². The summed E-state index contributed by atoms with van der Waals surface area (Å²) in [6.07, 6.45) is 3.77. The maximum Gasteiger partial charge on any atom is 0.231 e. The van der Waals surface area contributed by atoms with Crippen molar-refractivity contribution < 1.29 is 19.0 Å². The number of hydrogen-bond donors (Lipinski definition) is 1. The van der Waals surface area contributed by atoms with Crippen molar-refractivity contribution in [3.8, 4) is 11.5 Å². The lowest BCUT2D eigenvalue weighted by molar-refractivity contribution is -0.136. The number of carbonyl (C=O) groups excluding carboxylic acids is 1. The van der Waals surface area contributed by atoms with Gasteiger partial charge in [0.15, 0.2) is 11.5 Å². The van der Waals surface area contributed by atoms with Crippen LogP contribution < -0.4 is 14.8 Å². The van der Waals surface area contributed by atoms with E-state index in [0.29, 0.717) is 32.7 Å². The molecule has 0 aliphatic carbocycles. The summed E-state index contributed by atoms with van der Waals surface area (Å²) in [7, 11) is 0. The molecule has 0 saturated carbocycles. The highest BCUT2D eigenvalue weighted by atomic mass is 16.7. The molecule has 0 spiro atoms. The average molecular weight is 369 g/mol. The number of nitrogens with one attached hydrogen (secondary N) is 1. The Balaban J connectivity index is 1.49. The van der Waals surface area contributed by atoms with Gasteiger partial charge in [0.1, 0.15) is 0 Å². The summed E-state index contributed by atoms with van der Waals surface area (Å²) in [6.45, 7) is 3.45. The van der Waals surface area contributed by atoms with Crippen molar-refractivity contribution in [2.75, 3.05) is 26.5 Å². The number of benzene rings is 1. The smallest absolute Gasteiger partial charge is 0.231 e. The SMILES string of the molecule is O=C(C[C@@H]1CNCCO1)N(Cc1ccncc1)Cc1ccc2c(c1)OCO2. The fourth-order valence-corrected chi connectivity index (χ4v) is 3.28. The minimum absolute atomic E-state index is 0.0678. The summed E-state index contributed by atoms with van der Waals surface area (Å²) in [4.78, 5) is 18.9. The minimum Gasteiger partial charge on any atom is -0.454 e. The second kappa shape index (κ2) is 8.37. The fraction of sp³-hybridized carbons (Fsp3) is 0.400. The molecule has 0 radical (unpaired) electrons. The molecule has 1 aromatic carbocycles. The normalized spacial score (nSPS) is 18.3. The molecule has 4 rings (SSSR count). The molecule has 0 bridgehead atoms. The number of hydrogen-bond acceptors (Lipinski definition) is 6. The number of nitrogens with zero attached hydrogens (tertiary/aromatic N) is 2. The first-order valence-electron chi connectivity index (χ1n) is 9.15. The van der Waals surface area contributed by atoms with Gasteiger partial charge in [-0.05, 0) is 35.4 Å². The number of ether oxygens (including phenoxy) is 3. The van der Waals surface area contributed by atoms with E-state index in [1.54, 1.807) is 12.4 Å². The molecule has 1 aromatic heterocycles. The number of rotatable bonds is 6. The van der Waals surface area contributed by atoms with Crippen LogP contribution in [0.15, 0.2) is 42.7 Å². The van der Waals surface area contributed by atoms with E-state index in [1.807, 2.05) is 35.2 Å². The zero-order chi connectivity index (χ0) is 18.5. The zero-order valence-electron chi connectivity index (χ0n) is 15.1. The van der Waals surface area contributed by atoms with Crippen LogP contribution >= 0.6 is 0 Å². The van der Waals surface area contributed by atoms with E-state index in [9.17, 15) is 4.79 Å². The van der Waals surface area contributed by atoms with Crippen LogP contribution in [0.2, 0.25) is 0 Å². The molecule has 3 heterocycles. The molecule has 7 heteroatoms. The summed E-state index contributed by atoms with van der Waals surface area (Å²) >= 11 is 0. The van der Waals surface area contributed by atoms with E-state index >= 15 is 0 Å². The van der Waals surface area contributed by atoms with Crippen molar-refractivity contribution in [3.63, 3.8) is 0 Å². The van der Waals surface area contributed by atoms with Gasteiger partial charge in [0.2, 0.25) is 12.7 Å². The standard InChI is InChI=1S/C20H23N3O4/c24-20(10-17-11-22-7-8-25-17)23(12-15-3-5-21-6-4-15)13-16-1-2-18-19(9-16)27-14-26-18/h1-6,9,17,22H,7-8,10-14H2/t17-/m1/s1. The molecule has 142 valence electrons. The Kier molecular flexibility index (Phi) is 5.50. The van der Waals surface area contributed by atoms with Crippen LogP contribution in [-0.4, -0.2) is 48.4 Å². The van der Waals surface area contributed by atoms with Crippen LogP contribution in [0, 0.1) is 0 Å². The first kappa shape index (κ1) is 17.8. The Morgan fingerprint density at radius 3 is 2.74 bits per heavy atom. The Morgan fingerprint density at radius 2 is 1.93 bits per heavy atom. The molecular weight excluding hydrogens is 346 g/mol. The summed E-state index contributed by atoms with van der Waals surface area (Å²) in [5, 5.41) is 3.27. The first-order chi connectivity index (χ1) is 13.3. The van der Waals surface area contributed by atoms with Gasteiger partial charge < -0.3 is 24.4 Å². The zero-order valence-corrected chi connectivity index (χ0v) is 15.1. The van der Waals surface area contributed by atoms with Gasteiger partial charge >= 0.3 is 0 Å². The fourth-order valence-electron chi connectivity index (χ4n) is 3.28. The molecule has 1 amide bonds. The Morgan fingerprint density at radius 1 is 1.11 bits per heavy atom. The highest BCUT2D eigenvalue weighted by Gasteiger charge is 2.23. The third-order valence-corrected chi connectivity index (χ3v) is 4.69. The highest BCUT2D eigenvalue weighted by molar-refractivity contribution is 5.76. The van der Waals surface area contributed by atoms with E-state index in [1.165, 1.54) is 0 Å². The van der Waals surface area contributed by atoms with Gasteiger partial charge in [-0.1, -0.05) is 6.07 Å². The van der Waals surface area contributed by atoms with Gasteiger partial charge in [-0.15, -0.1) is 0 Å². The van der Waals surface area contributed by atoms with E-state index < -0.39 is 0 Å². The third-order valence-electron chi connectivity index (χ3n) is 4.69. The molecule has 1 saturated heterocycles. The third kappa shape index (κ3) is 4.56. The summed E-state index contributed by atoms with van der Waals surface area (Å²) in [5.41, 5.74) is 2.05. The number of morpholine rings is 1. The minimum atomic E-state index is -0.0806. The number of fused-ring (bicyclic) bond motifs is 1. The quantitative estimate of drug-likeness (QED) is 0.836. The predicted octanol–water partition coefficient (Wildman–Crippen LogP) is 1.72. The maximum atomic E-state index is 13.0. The molecule has 7 nitrogen and oxygen atoms in total. The number of carbonyl (C=O) groups is 1. The highest BCUT2D eigenvalue weighted by Crippen LogP contribution is 2.33. The monoisotopic (exact) mass is 369 g/mol. The van der Waals surface area contributed by atoms with Crippen molar-refractivity contribution in [1.29, 1.82) is 0 Å². The molecule has 2 aliphatic rings. The van der Waals surface area contributed by atoms with Crippen LogP contribution in [0.1, 0.15) is 17.5 Å². The average Bonchev–Trinajstić information content (AvgIpc) is 3.17. The topological polar surface area (TPSA) is 72.9 Å². The van der Waals surface area contributed by atoms with Crippen molar-refractivity contribution in [2.24, 2.45) is 0 Å². The van der Waals surface area contributed by atoms with E-state index in [-0.39, 0.29) is 18.8 Å². The Labute approximate surface area is 158 Å². The number of pyridine rings is 1. The number of aromatic nitrogens is 1. The van der Waals surface area contributed by atoms with Crippen molar-refractivity contribution >= 4 is 5.91 Å². The molecule has 2 aromatic rings. The molecule has 0 unspecified atom stereocenters. The van der Waals surface area contributed by atoms with Gasteiger partial charge in [0.25, 0.3) is 0 Å². The lowest BCUT2D eigenvalue weighted by Crippen LogP contribution is -2.42. The predicted molar refractivity (Wildman–Crippen MR) is 98.3 cm³/mol. The van der Waals surface area contributed by atoms with Crippen molar-refractivity contribution in [3.05, 3.63) is 53.9 Å². The van der Waals surface area contributed by atoms with Gasteiger partial charge in [-0.25, -0.2) is 0 Å². The second-order valence-electron chi connectivity index (χ2n) is 6.69. The van der Waals surface area contributed by atoms with Crippen LogP contribution in [0.25, 0.3) is 0 Å². The largest absolute Gasteiger partial charge is 0.454 e. The summed E-state index contributed by atoms with van der Waals surface area (Å²) in [5.74, 6) is 1.54. The maximum absolute atomic E-state index is 13.0. The van der Waals surface area contributed by atoms with Crippen molar-refractivity contribution in [2.45, 2.75) is 25.6 Å². The van der Waals surface area contributed by atoms with Gasteiger partial charge in [-0.2, -0.15) is 0 Å². The molecule has 1 N–H and O–H groups in total. The van der Waals surface area contributed by atoms with Crippen LogP contribution in [0.4, 0.5) is 0 Å². The van der Waals surface area contributed by atoms with Gasteiger partial charge in [0.05, 0.1) is 19.1 Å². The summed E-state index contributed by atoms with van der Waals surface area (Å²) in [6, 6.07) is 9.66. The molecule has 1 fully saturated rings. The first-order valence-corrected chi connectivity index (χ1v) is 9.15. The summed E-state index contributed by atoms with van der Waals surface area (Å²) < 4.78 is 16.5. The lowest BCUT2D eigenvalue weighted by Gasteiger charge is -2.28. The molecule has 1 atom stereocenters. The Hall–Kier alpha value is -2.64. The van der Waals surface area contributed by atoms with E-state index in [0.717, 1.165) is 29.2 Å².